The lowest BCUT2D eigenvalue weighted by atomic mass is 9.93. The van der Waals surface area contributed by atoms with Crippen LogP contribution >= 0.6 is 0 Å². The van der Waals surface area contributed by atoms with Crippen molar-refractivity contribution in [1.29, 1.82) is 0 Å². The molecule has 1 aromatic carbocycles. The number of alkyl halides is 2. The maximum absolute atomic E-state index is 14.0. The van der Waals surface area contributed by atoms with Crippen molar-refractivity contribution in [1.82, 2.24) is 19.5 Å². The molecule has 1 saturated carbocycles. The summed E-state index contributed by atoms with van der Waals surface area (Å²) in [4.78, 5) is 15.7. The van der Waals surface area contributed by atoms with Crippen LogP contribution in [-0.4, -0.2) is 76.3 Å². The summed E-state index contributed by atoms with van der Waals surface area (Å²) in [7, 11) is 0. The molecule has 0 radical (unpaired) electrons. The van der Waals surface area contributed by atoms with Gasteiger partial charge in [0.05, 0.1) is 30.4 Å². The molecule has 0 amide bonds. The molecule has 3 heterocycles. The van der Waals surface area contributed by atoms with Gasteiger partial charge in [0.1, 0.15) is 11.6 Å². The van der Waals surface area contributed by atoms with Gasteiger partial charge in [0.2, 0.25) is 5.95 Å². The van der Waals surface area contributed by atoms with E-state index in [1.165, 1.54) is 4.57 Å². The highest BCUT2D eigenvalue weighted by Gasteiger charge is 2.25. The molecule has 1 saturated heterocycles. The molecule has 1 aliphatic carbocycles. The first kappa shape index (κ1) is 24.8. The highest BCUT2D eigenvalue weighted by atomic mass is 19.3. The number of ether oxygens (including phenoxy) is 2. The van der Waals surface area contributed by atoms with Gasteiger partial charge in [0, 0.05) is 38.4 Å². The van der Waals surface area contributed by atoms with Crippen molar-refractivity contribution in [2.45, 2.75) is 50.7 Å². The fourth-order valence-electron chi connectivity index (χ4n) is 4.84. The molecule has 9 nitrogen and oxygen atoms in total. The molecule has 0 bridgehead atoms. The van der Waals surface area contributed by atoms with Crippen molar-refractivity contribution in [3.05, 3.63) is 36.2 Å². The third kappa shape index (κ3) is 5.58. The van der Waals surface area contributed by atoms with Crippen LogP contribution in [0.3, 0.4) is 0 Å². The summed E-state index contributed by atoms with van der Waals surface area (Å²) in [5, 5.41) is 12.5. The summed E-state index contributed by atoms with van der Waals surface area (Å²) < 4.78 is 40.8. The maximum atomic E-state index is 14.0. The third-order valence-electron chi connectivity index (χ3n) is 6.69. The van der Waals surface area contributed by atoms with Gasteiger partial charge in [0.15, 0.2) is 5.82 Å². The Kier molecular flexibility index (Phi) is 7.88. The number of aliphatic hydroxyl groups excluding tert-OH is 1. The van der Waals surface area contributed by atoms with Crippen molar-refractivity contribution in [2.24, 2.45) is 0 Å². The quantitative estimate of drug-likeness (QED) is 0.428. The van der Waals surface area contributed by atoms with Crippen molar-refractivity contribution < 1.29 is 23.4 Å². The van der Waals surface area contributed by atoms with Crippen LogP contribution in [-0.2, 0) is 9.47 Å². The number of aromatic nitrogens is 4. The number of morpholine rings is 1. The molecule has 194 valence electrons. The number of nitrogens with one attached hydrogen (secondary N) is 1. The van der Waals surface area contributed by atoms with E-state index in [-0.39, 0.29) is 24.6 Å². The van der Waals surface area contributed by atoms with E-state index in [0.717, 1.165) is 25.7 Å². The van der Waals surface area contributed by atoms with Gasteiger partial charge in [-0.2, -0.15) is 9.97 Å². The summed E-state index contributed by atoms with van der Waals surface area (Å²) in [5.41, 5.74) is 1.07. The lowest BCUT2D eigenvalue weighted by Gasteiger charge is -2.30. The van der Waals surface area contributed by atoms with Crippen molar-refractivity contribution in [3.63, 3.8) is 0 Å². The fraction of sp³-hybridized carbons (Fsp3) is 0.560. The Labute approximate surface area is 208 Å². The minimum absolute atomic E-state index is 0.137. The van der Waals surface area contributed by atoms with Crippen LogP contribution in [0.5, 0.6) is 0 Å². The zero-order valence-electron chi connectivity index (χ0n) is 20.2. The molecule has 2 N–H and O–H groups in total. The minimum Gasteiger partial charge on any atom is -0.396 e. The zero-order valence-corrected chi connectivity index (χ0v) is 20.2. The molecule has 11 heteroatoms. The predicted molar refractivity (Wildman–Crippen MR) is 132 cm³/mol. The Hall–Kier alpha value is -2.89. The molecule has 2 aromatic heterocycles. The number of hydrogen-bond acceptors (Lipinski definition) is 8. The molecule has 0 atom stereocenters. The first-order valence-corrected chi connectivity index (χ1v) is 12.6. The molecule has 36 heavy (non-hydrogen) atoms. The summed E-state index contributed by atoms with van der Waals surface area (Å²) in [6.07, 6.45) is 1.74. The first-order chi connectivity index (χ1) is 17.6. The normalized spacial score (nSPS) is 20.8. The van der Waals surface area contributed by atoms with Gasteiger partial charge < -0.3 is 24.8 Å². The van der Waals surface area contributed by atoms with E-state index in [1.807, 2.05) is 4.90 Å². The molecule has 2 fully saturated rings. The van der Waals surface area contributed by atoms with E-state index in [1.54, 1.807) is 30.3 Å². The smallest absolute Gasteiger partial charge is 0.296 e. The van der Waals surface area contributed by atoms with Gasteiger partial charge in [-0.3, -0.25) is 4.57 Å². The molecule has 1 aliphatic heterocycles. The van der Waals surface area contributed by atoms with Gasteiger partial charge in [-0.05, 0) is 44.2 Å². The number of rotatable bonds is 9. The van der Waals surface area contributed by atoms with E-state index in [0.29, 0.717) is 67.9 Å². The molecular weight excluding hydrogens is 470 g/mol. The zero-order chi connectivity index (χ0) is 24.9. The van der Waals surface area contributed by atoms with Gasteiger partial charge in [-0.1, -0.05) is 12.1 Å². The highest BCUT2D eigenvalue weighted by Crippen LogP contribution is 2.30. The number of aliphatic hydroxyl groups is 1. The SMILES string of the molecule is OCCCOC1CCC(Nc2cc(-n3c(C(F)F)nc4ccccc43)nc(N3CCOCC3)n2)CC1. The van der Waals surface area contributed by atoms with E-state index >= 15 is 0 Å². The number of para-hydroxylation sites is 2. The molecular formula is C25H32F2N6O3. The summed E-state index contributed by atoms with van der Waals surface area (Å²) in [5.74, 6) is 1.11. The van der Waals surface area contributed by atoms with E-state index in [2.05, 4.69) is 10.3 Å². The van der Waals surface area contributed by atoms with Crippen molar-refractivity contribution in [3.8, 4) is 5.82 Å². The Morgan fingerprint density at radius 1 is 1.08 bits per heavy atom. The second kappa shape index (κ2) is 11.4. The van der Waals surface area contributed by atoms with Crippen LogP contribution in [0.4, 0.5) is 20.5 Å². The maximum Gasteiger partial charge on any atom is 0.296 e. The number of hydrogen-bond donors (Lipinski definition) is 2. The summed E-state index contributed by atoms with van der Waals surface area (Å²) in [6, 6.07) is 9.01. The first-order valence-electron chi connectivity index (χ1n) is 12.6. The van der Waals surface area contributed by atoms with Crippen LogP contribution in [0.25, 0.3) is 16.9 Å². The molecule has 2 aliphatic rings. The summed E-state index contributed by atoms with van der Waals surface area (Å²) >= 11 is 0. The molecule has 5 rings (SSSR count). The third-order valence-corrected chi connectivity index (χ3v) is 6.69. The van der Waals surface area contributed by atoms with Crippen LogP contribution in [0.15, 0.2) is 30.3 Å². The number of fused-ring (bicyclic) bond motifs is 1. The van der Waals surface area contributed by atoms with Crippen LogP contribution in [0.2, 0.25) is 0 Å². The predicted octanol–water partition coefficient (Wildman–Crippen LogP) is 3.71. The minimum atomic E-state index is -2.75. The van der Waals surface area contributed by atoms with E-state index < -0.39 is 6.43 Å². The highest BCUT2D eigenvalue weighted by molar-refractivity contribution is 5.78. The second-order valence-corrected chi connectivity index (χ2v) is 9.17. The average Bonchev–Trinajstić information content (AvgIpc) is 3.30. The van der Waals surface area contributed by atoms with Gasteiger partial charge in [0.25, 0.3) is 6.43 Å². The monoisotopic (exact) mass is 502 g/mol. The average molecular weight is 503 g/mol. The van der Waals surface area contributed by atoms with Crippen molar-refractivity contribution in [2.75, 3.05) is 49.7 Å². The Balaban J connectivity index is 1.44. The van der Waals surface area contributed by atoms with Gasteiger partial charge in [-0.15, -0.1) is 0 Å². The summed E-state index contributed by atoms with van der Waals surface area (Å²) in [6.45, 7) is 3.09. The lowest BCUT2D eigenvalue weighted by Crippen LogP contribution is -2.38. The van der Waals surface area contributed by atoms with Crippen LogP contribution in [0.1, 0.15) is 44.4 Å². The fourth-order valence-corrected chi connectivity index (χ4v) is 4.84. The number of benzene rings is 1. The number of anilines is 2. The lowest BCUT2D eigenvalue weighted by molar-refractivity contribution is 0.0195. The number of halogens is 2. The number of imidazole rings is 1. The van der Waals surface area contributed by atoms with Crippen LogP contribution < -0.4 is 10.2 Å². The van der Waals surface area contributed by atoms with Crippen LogP contribution in [0, 0.1) is 0 Å². The second-order valence-electron chi connectivity index (χ2n) is 9.17. The van der Waals surface area contributed by atoms with E-state index in [4.69, 9.17) is 24.5 Å². The molecule has 0 spiro atoms. The topological polar surface area (TPSA) is 97.6 Å². The number of nitrogens with zero attached hydrogens (tertiary/aromatic N) is 5. The largest absolute Gasteiger partial charge is 0.396 e. The van der Waals surface area contributed by atoms with Gasteiger partial charge in [-0.25, -0.2) is 13.8 Å². The standard InChI is InChI=1S/C25H32F2N6O3/c26-23(27)24-29-19-4-1-2-5-20(19)33(24)22-16-21(30-25(31-22)32-10-14-35-15-11-32)28-17-6-8-18(9-7-17)36-13-3-12-34/h1-2,4-5,16-18,23,34H,3,6-15H2,(H,28,30,31). The van der Waals surface area contributed by atoms with E-state index in [9.17, 15) is 8.78 Å². The Morgan fingerprint density at radius 2 is 1.86 bits per heavy atom. The molecule has 3 aromatic rings. The Morgan fingerprint density at radius 3 is 2.61 bits per heavy atom. The van der Waals surface area contributed by atoms with Gasteiger partial charge >= 0.3 is 0 Å². The molecule has 0 unspecified atom stereocenters. The Bertz CT molecular complexity index is 1150. The van der Waals surface area contributed by atoms with Crippen molar-refractivity contribution >= 4 is 22.8 Å².